The molecule has 4 heteroatoms. The van der Waals surface area contributed by atoms with Crippen molar-refractivity contribution in [3.8, 4) is 0 Å². The quantitative estimate of drug-likeness (QED) is 0.905. The van der Waals surface area contributed by atoms with Gasteiger partial charge in [0.05, 0.1) is 6.04 Å². The number of rotatable bonds is 5. The highest BCUT2D eigenvalue weighted by Crippen LogP contribution is 2.20. The van der Waals surface area contributed by atoms with Gasteiger partial charge in [0.1, 0.15) is 11.6 Å². The smallest absolute Gasteiger partial charge is 0.130 e. The minimum absolute atomic E-state index is 0.334. The SMILES string of the molecule is CCN(CC(N)c1ccc(F)cc1F)c1ccccc1. The molecular formula is C16H18F2N2. The van der Waals surface area contributed by atoms with Gasteiger partial charge >= 0.3 is 0 Å². The van der Waals surface area contributed by atoms with Crippen LogP contribution in [0.4, 0.5) is 14.5 Å². The molecule has 0 aromatic heterocycles. The fourth-order valence-corrected chi connectivity index (χ4v) is 2.19. The molecule has 0 heterocycles. The Bertz CT molecular complexity index is 558. The molecule has 0 bridgehead atoms. The zero-order valence-corrected chi connectivity index (χ0v) is 11.4. The molecule has 0 saturated carbocycles. The molecule has 2 aromatic carbocycles. The van der Waals surface area contributed by atoms with Crippen LogP contribution in [0.2, 0.25) is 0 Å². The van der Waals surface area contributed by atoms with Crippen LogP contribution in [0, 0.1) is 11.6 Å². The lowest BCUT2D eigenvalue weighted by Gasteiger charge is -2.26. The lowest BCUT2D eigenvalue weighted by atomic mass is 10.1. The summed E-state index contributed by atoms with van der Waals surface area (Å²) < 4.78 is 26.6. The number of nitrogens with two attached hydrogens (primary N) is 1. The number of likely N-dealkylation sites (N-methyl/N-ethyl adjacent to an activating group) is 1. The Hall–Kier alpha value is -1.94. The molecule has 0 radical (unpaired) electrons. The van der Waals surface area contributed by atoms with Crippen LogP contribution in [-0.4, -0.2) is 13.1 Å². The van der Waals surface area contributed by atoms with E-state index < -0.39 is 17.7 Å². The first-order valence-electron chi connectivity index (χ1n) is 6.62. The number of hydrogen-bond donors (Lipinski definition) is 1. The summed E-state index contributed by atoms with van der Waals surface area (Å²) in [6, 6.07) is 12.8. The molecule has 2 aromatic rings. The van der Waals surface area contributed by atoms with Crippen LogP contribution >= 0.6 is 0 Å². The van der Waals surface area contributed by atoms with E-state index >= 15 is 0 Å². The van der Waals surface area contributed by atoms with Gasteiger partial charge < -0.3 is 10.6 Å². The second kappa shape index (κ2) is 6.48. The summed E-state index contributed by atoms with van der Waals surface area (Å²) in [6.07, 6.45) is 0. The number of para-hydroxylation sites is 1. The maximum Gasteiger partial charge on any atom is 0.130 e. The van der Waals surface area contributed by atoms with Gasteiger partial charge in [0.25, 0.3) is 0 Å². The van der Waals surface area contributed by atoms with Crippen molar-refractivity contribution in [3.05, 3.63) is 65.7 Å². The Labute approximate surface area is 117 Å². The summed E-state index contributed by atoms with van der Waals surface area (Å²) in [4.78, 5) is 2.06. The third-order valence-electron chi connectivity index (χ3n) is 3.28. The van der Waals surface area contributed by atoms with Crippen molar-refractivity contribution >= 4 is 5.69 Å². The molecule has 0 aliphatic carbocycles. The van der Waals surface area contributed by atoms with Crippen molar-refractivity contribution in [3.63, 3.8) is 0 Å². The van der Waals surface area contributed by atoms with Crippen LogP contribution in [0.15, 0.2) is 48.5 Å². The minimum atomic E-state index is -0.596. The zero-order valence-electron chi connectivity index (χ0n) is 11.4. The summed E-state index contributed by atoms with van der Waals surface area (Å²) in [6.45, 7) is 3.25. The highest BCUT2D eigenvalue weighted by Gasteiger charge is 2.15. The van der Waals surface area contributed by atoms with E-state index in [-0.39, 0.29) is 0 Å². The Kier molecular flexibility index (Phi) is 4.69. The van der Waals surface area contributed by atoms with Crippen molar-refractivity contribution in [1.82, 2.24) is 0 Å². The summed E-state index contributed by atoms with van der Waals surface area (Å²) in [5, 5.41) is 0. The Morgan fingerprint density at radius 2 is 1.80 bits per heavy atom. The lowest BCUT2D eigenvalue weighted by molar-refractivity contribution is 0.551. The fourth-order valence-electron chi connectivity index (χ4n) is 2.19. The van der Waals surface area contributed by atoms with Crippen molar-refractivity contribution in [2.75, 3.05) is 18.0 Å². The van der Waals surface area contributed by atoms with Crippen molar-refractivity contribution in [1.29, 1.82) is 0 Å². The second-order valence-corrected chi connectivity index (χ2v) is 4.65. The van der Waals surface area contributed by atoms with Crippen molar-refractivity contribution in [2.24, 2.45) is 5.73 Å². The molecule has 106 valence electrons. The summed E-state index contributed by atoms with van der Waals surface area (Å²) in [7, 11) is 0. The molecule has 2 N–H and O–H groups in total. The van der Waals surface area contributed by atoms with Gasteiger partial charge in [0.2, 0.25) is 0 Å². The highest BCUT2D eigenvalue weighted by molar-refractivity contribution is 5.46. The molecule has 1 atom stereocenters. The van der Waals surface area contributed by atoms with E-state index in [0.717, 1.165) is 18.3 Å². The summed E-state index contributed by atoms with van der Waals surface area (Å²) in [5.41, 5.74) is 7.42. The molecule has 0 fully saturated rings. The Morgan fingerprint density at radius 3 is 2.40 bits per heavy atom. The maximum atomic E-state index is 13.7. The van der Waals surface area contributed by atoms with Crippen LogP contribution in [0.5, 0.6) is 0 Å². The van der Waals surface area contributed by atoms with Crippen LogP contribution in [-0.2, 0) is 0 Å². The molecule has 0 amide bonds. The molecule has 0 aliphatic heterocycles. The molecule has 0 saturated heterocycles. The molecule has 0 aliphatic rings. The largest absolute Gasteiger partial charge is 0.370 e. The average Bonchev–Trinajstić information content (AvgIpc) is 2.45. The first kappa shape index (κ1) is 14.5. The number of anilines is 1. The van der Waals surface area contributed by atoms with E-state index in [1.807, 2.05) is 37.3 Å². The second-order valence-electron chi connectivity index (χ2n) is 4.65. The molecule has 0 spiro atoms. The van der Waals surface area contributed by atoms with Crippen molar-refractivity contribution in [2.45, 2.75) is 13.0 Å². The van der Waals surface area contributed by atoms with Gasteiger partial charge in [-0.25, -0.2) is 8.78 Å². The number of benzene rings is 2. The van der Waals surface area contributed by atoms with E-state index in [0.29, 0.717) is 12.1 Å². The normalized spacial score (nSPS) is 12.2. The van der Waals surface area contributed by atoms with Gasteiger partial charge in [-0.05, 0) is 25.1 Å². The highest BCUT2D eigenvalue weighted by atomic mass is 19.1. The summed E-state index contributed by atoms with van der Waals surface area (Å²) >= 11 is 0. The van der Waals surface area contributed by atoms with Gasteiger partial charge in [-0.15, -0.1) is 0 Å². The van der Waals surface area contributed by atoms with Gasteiger partial charge in [-0.1, -0.05) is 24.3 Å². The fraction of sp³-hybridized carbons (Fsp3) is 0.250. The van der Waals surface area contributed by atoms with Crippen LogP contribution < -0.4 is 10.6 Å². The predicted octanol–water partition coefficient (Wildman–Crippen LogP) is 3.49. The molecule has 2 nitrogen and oxygen atoms in total. The molecule has 20 heavy (non-hydrogen) atoms. The monoisotopic (exact) mass is 276 g/mol. The minimum Gasteiger partial charge on any atom is -0.370 e. The third-order valence-corrected chi connectivity index (χ3v) is 3.28. The molecule has 2 rings (SSSR count). The van der Waals surface area contributed by atoms with E-state index in [4.69, 9.17) is 5.73 Å². The Balaban J connectivity index is 2.15. The first-order valence-corrected chi connectivity index (χ1v) is 6.62. The standard InChI is InChI=1S/C16H18F2N2/c1-2-20(13-6-4-3-5-7-13)11-16(19)14-9-8-12(17)10-15(14)18/h3-10,16H,2,11,19H2,1H3. The van der Waals surface area contributed by atoms with E-state index in [1.54, 1.807) is 0 Å². The number of halogens is 2. The Morgan fingerprint density at radius 1 is 1.10 bits per heavy atom. The lowest BCUT2D eigenvalue weighted by Crippen LogP contribution is -2.32. The topological polar surface area (TPSA) is 29.3 Å². The third kappa shape index (κ3) is 3.33. The van der Waals surface area contributed by atoms with E-state index in [2.05, 4.69) is 4.90 Å². The van der Waals surface area contributed by atoms with Gasteiger partial charge in [-0.3, -0.25) is 0 Å². The average molecular weight is 276 g/mol. The predicted molar refractivity (Wildman–Crippen MR) is 77.6 cm³/mol. The van der Waals surface area contributed by atoms with E-state index in [9.17, 15) is 8.78 Å². The number of nitrogens with zero attached hydrogens (tertiary/aromatic N) is 1. The summed E-state index contributed by atoms with van der Waals surface area (Å²) in [5.74, 6) is -1.18. The first-order chi connectivity index (χ1) is 9.61. The van der Waals surface area contributed by atoms with Crippen molar-refractivity contribution < 1.29 is 8.78 Å². The van der Waals surface area contributed by atoms with Crippen LogP contribution in [0.1, 0.15) is 18.5 Å². The van der Waals surface area contributed by atoms with Crippen LogP contribution in [0.25, 0.3) is 0 Å². The zero-order chi connectivity index (χ0) is 14.5. The number of hydrogen-bond acceptors (Lipinski definition) is 2. The van der Waals surface area contributed by atoms with E-state index in [1.165, 1.54) is 12.1 Å². The van der Waals surface area contributed by atoms with Gasteiger partial charge in [0.15, 0.2) is 0 Å². The van der Waals surface area contributed by atoms with Gasteiger partial charge in [0, 0.05) is 30.4 Å². The van der Waals surface area contributed by atoms with Crippen LogP contribution in [0.3, 0.4) is 0 Å². The molecule has 1 unspecified atom stereocenters. The van der Waals surface area contributed by atoms with Gasteiger partial charge in [-0.2, -0.15) is 0 Å². The maximum absolute atomic E-state index is 13.7. The molecular weight excluding hydrogens is 258 g/mol.